The molecular weight excluding hydrogens is 301 g/mol. The number of amides is 1. The Morgan fingerprint density at radius 2 is 1.95 bits per heavy atom. The molecule has 0 fully saturated rings. The Balaban J connectivity index is 2.56. The van der Waals surface area contributed by atoms with Gasteiger partial charge in [-0.1, -0.05) is 11.6 Å². The number of halogens is 4. The molecule has 0 radical (unpaired) electrons. The average molecular weight is 311 g/mol. The quantitative estimate of drug-likeness (QED) is 0.778. The Hall–Kier alpha value is -1.80. The predicted octanol–water partition coefficient (Wildman–Crippen LogP) is 2.13. The molecule has 9 heteroatoms. The highest BCUT2D eigenvalue weighted by Crippen LogP contribution is 2.23. The summed E-state index contributed by atoms with van der Waals surface area (Å²) in [5.74, 6) is -1.91. The van der Waals surface area contributed by atoms with Crippen LogP contribution in [0.1, 0.15) is 10.4 Å². The molecule has 5 nitrogen and oxygen atoms in total. The van der Waals surface area contributed by atoms with Gasteiger partial charge in [0.15, 0.2) is 0 Å². The van der Waals surface area contributed by atoms with Crippen LogP contribution in [0.15, 0.2) is 18.2 Å². The zero-order valence-electron chi connectivity index (χ0n) is 9.92. The van der Waals surface area contributed by atoms with Crippen LogP contribution in [-0.4, -0.2) is 36.2 Å². The fraction of sp³-hybridized carbons (Fsp3) is 0.273. The molecule has 0 saturated heterocycles. The molecule has 1 aromatic rings. The van der Waals surface area contributed by atoms with Gasteiger partial charge in [0.25, 0.3) is 0 Å². The highest BCUT2D eigenvalue weighted by atomic mass is 35.5. The van der Waals surface area contributed by atoms with E-state index in [1.165, 1.54) is 12.1 Å². The zero-order valence-corrected chi connectivity index (χ0v) is 10.7. The summed E-state index contributed by atoms with van der Waals surface area (Å²) in [4.78, 5) is 22.0. The van der Waals surface area contributed by atoms with E-state index in [1.54, 1.807) is 0 Å². The van der Waals surface area contributed by atoms with Gasteiger partial charge < -0.3 is 15.7 Å². The lowest BCUT2D eigenvalue weighted by molar-refractivity contribution is -0.126. The van der Waals surface area contributed by atoms with Gasteiger partial charge in [-0.15, -0.1) is 0 Å². The molecule has 1 rings (SSSR count). The second kappa shape index (κ2) is 6.58. The summed E-state index contributed by atoms with van der Waals surface area (Å²) in [6, 6.07) is 3.60. The fourth-order valence-corrected chi connectivity index (χ4v) is 1.49. The van der Waals surface area contributed by atoms with E-state index in [2.05, 4.69) is 5.32 Å². The number of aromatic carboxylic acids is 1. The second-order valence-corrected chi connectivity index (χ2v) is 4.17. The van der Waals surface area contributed by atoms with Crippen LogP contribution in [0.3, 0.4) is 0 Å². The van der Waals surface area contributed by atoms with Crippen LogP contribution in [-0.2, 0) is 4.79 Å². The van der Waals surface area contributed by atoms with Crippen molar-refractivity contribution in [2.24, 2.45) is 0 Å². The molecule has 0 saturated carbocycles. The maximum absolute atomic E-state index is 11.8. The number of rotatable bonds is 5. The zero-order chi connectivity index (χ0) is 15.3. The number of carbonyl (C=O) groups is 2. The first kappa shape index (κ1) is 16.3. The largest absolute Gasteiger partial charge is 0.478 e. The number of carboxylic acid groups (broad SMARTS) is 1. The number of hydrogen-bond acceptors (Lipinski definition) is 3. The fourth-order valence-electron chi connectivity index (χ4n) is 1.26. The molecule has 0 unspecified atom stereocenters. The van der Waals surface area contributed by atoms with Gasteiger partial charge in [-0.3, -0.25) is 4.79 Å². The summed E-state index contributed by atoms with van der Waals surface area (Å²) in [5, 5.41) is 12.9. The van der Waals surface area contributed by atoms with E-state index in [4.69, 9.17) is 16.7 Å². The summed E-state index contributed by atoms with van der Waals surface area (Å²) in [7, 11) is 0. The molecule has 0 atom stereocenters. The first-order chi connectivity index (χ1) is 9.19. The van der Waals surface area contributed by atoms with Crippen LogP contribution < -0.4 is 10.6 Å². The molecule has 3 N–H and O–H groups in total. The average Bonchev–Trinajstić information content (AvgIpc) is 2.29. The van der Waals surface area contributed by atoms with E-state index in [0.29, 0.717) is 0 Å². The van der Waals surface area contributed by atoms with Crippen LogP contribution in [0, 0.1) is 0 Å². The molecule has 20 heavy (non-hydrogen) atoms. The lowest BCUT2D eigenvalue weighted by Crippen LogP contribution is -2.35. The number of carbonyl (C=O) groups excluding carboxylic acids is 1. The van der Waals surface area contributed by atoms with Crippen LogP contribution in [0.4, 0.5) is 18.9 Å². The minimum atomic E-state index is -4.40. The number of anilines is 1. The normalized spacial score (nSPS) is 11.2. The van der Waals surface area contributed by atoms with Crippen LogP contribution in [0.25, 0.3) is 0 Å². The molecule has 110 valence electrons. The minimum Gasteiger partial charge on any atom is -0.478 e. The summed E-state index contributed by atoms with van der Waals surface area (Å²) >= 11 is 5.75. The number of benzene rings is 1. The van der Waals surface area contributed by atoms with Gasteiger partial charge in [-0.25, -0.2) is 4.79 Å². The monoisotopic (exact) mass is 310 g/mol. The molecule has 0 spiro atoms. The van der Waals surface area contributed by atoms with Gasteiger partial charge in [-0.05, 0) is 18.2 Å². The lowest BCUT2D eigenvalue weighted by atomic mass is 10.2. The minimum absolute atomic E-state index is 0.0194. The van der Waals surface area contributed by atoms with Gasteiger partial charge in [-0.2, -0.15) is 13.2 Å². The molecule has 1 amide bonds. The van der Waals surface area contributed by atoms with Crippen molar-refractivity contribution in [3.8, 4) is 0 Å². The van der Waals surface area contributed by atoms with Crippen molar-refractivity contribution in [1.82, 2.24) is 5.32 Å². The van der Waals surface area contributed by atoms with E-state index in [9.17, 15) is 22.8 Å². The van der Waals surface area contributed by atoms with E-state index in [0.717, 1.165) is 6.07 Å². The summed E-state index contributed by atoms with van der Waals surface area (Å²) < 4.78 is 35.5. The molecular formula is C11H10ClF3N2O3. The van der Waals surface area contributed by atoms with E-state index in [1.807, 2.05) is 5.32 Å². The Labute approximate surface area is 116 Å². The standard InChI is InChI=1S/C11H10ClF3N2O3/c12-7-3-6(10(19)20)1-2-8(7)17-9(18)4-16-5-11(13,14)15/h1-3,16H,4-5H2,(H,17,18)(H,19,20). The first-order valence-electron chi connectivity index (χ1n) is 5.29. The van der Waals surface area contributed by atoms with Gasteiger partial charge in [0, 0.05) is 0 Å². The van der Waals surface area contributed by atoms with E-state index >= 15 is 0 Å². The van der Waals surface area contributed by atoms with Crippen molar-refractivity contribution in [2.75, 3.05) is 18.4 Å². The summed E-state index contributed by atoms with van der Waals surface area (Å²) in [6.45, 7) is -1.83. The molecule has 1 aromatic carbocycles. The van der Waals surface area contributed by atoms with Crippen molar-refractivity contribution in [3.05, 3.63) is 28.8 Å². The Bertz CT molecular complexity index is 520. The molecule has 0 heterocycles. The van der Waals surface area contributed by atoms with E-state index in [-0.39, 0.29) is 16.3 Å². The lowest BCUT2D eigenvalue weighted by Gasteiger charge is -2.10. The van der Waals surface area contributed by atoms with Crippen LogP contribution in [0.5, 0.6) is 0 Å². The van der Waals surface area contributed by atoms with Crippen molar-refractivity contribution in [3.63, 3.8) is 0 Å². The Kier molecular flexibility index (Phi) is 5.34. The second-order valence-electron chi connectivity index (χ2n) is 3.77. The van der Waals surface area contributed by atoms with Gasteiger partial charge >= 0.3 is 12.1 Å². The molecule has 0 aliphatic heterocycles. The SMILES string of the molecule is O=C(CNCC(F)(F)F)Nc1ccc(C(=O)O)cc1Cl. The third-order valence-electron chi connectivity index (χ3n) is 2.10. The maximum Gasteiger partial charge on any atom is 0.401 e. The predicted molar refractivity (Wildman–Crippen MR) is 66.0 cm³/mol. The smallest absolute Gasteiger partial charge is 0.401 e. The Morgan fingerprint density at radius 1 is 1.30 bits per heavy atom. The van der Waals surface area contributed by atoms with Crippen molar-refractivity contribution < 1.29 is 27.9 Å². The highest BCUT2D eigenvalue weighted by Gasteiger charge is 2.26. The molecule has 0 aliphatic rings. The Morgan fingerprint density at radius 3 is 2.45 bits per heavy atom. The van der Waals surface area contributed by atoms with Crippen LogP contribution in [0.2, 0.25) is 5.02 Å². The van der Waals surface area contributed by atoms with Crippen LogP contribution >= 0.6 is 11.6 Å². The number of carboxylic acids is 1. The molecule has 0 aromatic heterocycles. The topological polar surface area (TPSA) is 78.4 Å². The molecule has 0 aliphatic carbocycles. The number of hydrogen-bond donors (Lipinski definition) is 3. The number of alkyl halides is 3. The maximum atomic E-state index is 11.8. The number of nitrogens with one attached hydrogen (secondary N) is 2. The summed E-state index contributed by atoms with van der Waals surface area (Å²) in [6.07, 6.45) is -4.40. The molecule has 0 bridgehead atoms. The van der Waals surface area contributed by atoms with Gasteiger partial charge in [0.1, 0.15) is 0 Å². The summed E-state index contributed by atoms with van der Waals surface area (Å²) in [5.41, 5.74) is 0.0543. The highest BCUT2D eigenvalue weighted by molar-refractivity contribution is 6.34. The van der Waals surface area contributed by atoms with Crippen molar-refractivity contribution in [2.45, 2.75) is 6.18 Å². The van der Waals surface area contributed by atoms with E-state index < -0.39 is 31.1 Å². The van der Waals surface area contributed by atoms with Crippen molar-refractivity contribution in [1.29, 1.82) is 0 Å². The third-order valence-corrected chi connectivity index (χ3v) is 2.41. The van der Waals surface area contributed by atoms with Gasteiger partial charge in [0.05, 0.1) is 29.4 Å². The third kappa shape index (κ3) is 5.45. The van der Waals surface area contributed by atoms with Crippen molar-refractivity contribution >= 4 is 29.2 Å². The first-order valence-corrected chi connectivity index (χ1v) is 5.67. The van der Waals surface area contributed by atoms with Gasteiger partial charge in [0.2, 0.25) is 5.91 Å².